The second-order valence-corrected chi connectivity index (χ2v) is 13.7. The molecule has 1 atom stereocenters. The van der Waals surface area contributed by atoms with E-state index in [9.17, 15) is 19.2 Å². The van der Waals surface area contributed by atoms with Crippen LogP contribution in [0, 0.1) is 3.57 Å². The first-order valence-electron chi connectivity index (χ1n) is 14.8. The number of ether oxygens (including phenoxy) is 3. The summed E-state index contributed by atoms with van der Waals surface area (Å²) in [5, 5.41) is 5.43. The molecule has 3 amide bonds. The molecule has 0 unspecified atom stereocenters. The second kappa shape index (κ2) is 16.0. The minimum atomic E-state index is -0.733. The quantitative estimate of drug-likeness (QED) is 0.236. The van der Waals surface area contributed by atoms with E-state index < -0.39 is 35.1 Å². The molecule has 0 saturated heterocycles. The van der Waals surface area contributed by atoms with Gasteiger partial charge < -0.3 is 24.8 Å². The molecule has 1 aromatic heterocycles. The maximum atomic E-state index is 13.4. The molecule has 3 rings (SSSR count). The molecule has 248 valence electrons. The van der Waals surface area contributed by atoms with Crippen LogP contribution in [-0.2, 0) is 20.8 Å². The van der Waals surface area contributed by atoms with Crippen molar-refractivity contribution in [3.05, 3.63) is 86.0 Å². The van der Waals surface area contributed by atoms with Crippen molar-refractivity contribution in [2.75, 3.05) is 25.6 Å². The molecule has 2 aromatic carbocycles. The summed E-state index contributed by atoms with van der Waals surface area (Å²) < 4.78 is 18.4. The Kier molecular flexibility index (Phi) is 12.7. The Balaban J connectivity index is 1.79. The van der Waals surface area contributed by atoms with Gasteiger partial charge in [0.25, 0.3) is 5.91 Å². The maximum absolute atomic E-state index is 13.4. The number of benzene rings is 2. The lowest BCUT2D eigenvalue weighted by Crippen LogP contribution is -2.46. The lowest BCUT2D eigenvalue weighted by Gasteiger charge is -2.33. The van der Waals surface area contributed by atoms with Crippen molar-refractivity contribution in [2.45, 2.75) is 71.8 Å². The highest BCUT2D eigenvalue weighted by Gasteiger charge is 2.29. The minimum Gasteiger partial charge on any atom is -0.444 e. The van der Waals surface area contributed by atoms with Gasteiger partial charge >= 0.3 is 17.9 Å². The van der Waals surface area contributed by atoms with Gasteiger partial charge in [-0.2, -0.15) is 4.98 Å². The fourth-order valence-corrected chi connectivity index (χ4v) is 4.81. The normalized spacial score (nSPS) is 12.2. The number of carbonyl (C=O) groups is 3. The van der Waals surface area contributed by atoms with E-state index in [1.165, 1.54) is 4.57 Å². The first-order chi connectivity index (χ1) is 21.6. The predicted molar refractivity (Wildman–Crippen MR) is 183 cm³/mol. The van der Waals surface area contributed by atoms with Crippen LogP contribution in [0.4, 0.5) is 15.4 Å². The van der Waals surface area contributed by atoms with Crippen molar-refractivity contribution in [2.24, 2.45) is 0 Å². The molecule has 13 heteroatoms. The number of alkyl carbamates (subject to hydrolysis) is 1. The summed E-state index contributed by atoms with van der Waals surface area (Å²) in [6.45, 7) is 11.4. The molecular formula is C33H42IN5O7. The van der Waals surface area contributed by atoms with Crippen LogP contribution in [0.3, 0.4) is 0 Å². The number of anilines is 1. The highest BCUT2D eigenvalue weighted by Crippen LogP contribution is 2.20. The number of halogens is 1. The molecule has 12 nitrogen and oxygen atoms in total. The molecule has 1 heterocycles. The number of carbonyl (C=O) groups excluding carboxylic acids is 3. The van der Waals surface area contributed by atoms with Gasteiger partial charge in [0, 0.05) is 32.0 Å². The largest absolute Gasteiger partial charge is 0.444 e. The molecule has 0 aliphatic heterocycles. The zero-order chi connectivity index (χ0) is 34.1. The summed E-state index contributed by atoms with van der Waals surface area (Å²) in [5.74, 6) is -0.194. The SMILES string of the molecule is COC[C@@H](CCNC(=O)OC(C)(C)C)N(Cc1ccc(-n2cc(I)c(NC(=O)c3ccccc3)nc2=O)cc1)C(=O)OC(C)(C)C. The zero-order valence-electron chi connectivity index (χ0n) is 27.3. The van der Waals surface area contributed by atoms with Crippen LogP contribution in [0.5, 0.6) is 0 Å². The Morgan fingerprint density at radius 3 is 2.17 bits per heavy atom. The molecular weight excluding hydrogens is 705 g/mol. The average molecular weight is 748 g/mol. The highest BCUT2D eigenvalue weighted by molar-refractivity contribution is 14.1. The van der Waals surface area contributed by atoms with Crippen molar-refractivity contribution >= 4 is 46.5 Å². The van der Waals surface area contributed by atoms with Crippen LogP contribution in [0.25, 0.3) is 5.69 Å². The molecule has 46 heavy (non-hydrogen) atoms. The smallest absolute Gasteiger partial charge is 0.410 e. The van der Waals surface area contributed by atoms with Gasteiger partial charge in [0.05, 0.1) is 21.9 Å². The Morgan fingerprint density at radius 2 is 1.59 bits per heavy atom. The van der Waals surface area contributed by atoms with Gasteiger partial charge in [0.1, 0.15) is 11.2 Å². The topological polar surface area (TPSA) is 141 Å². The van der Waals surface area contributed by atoms with E-state index in [1.54, 1.807) is 108 Å². The van der Waals surface area contributed by atoms with Gasteiger partial charge in [-0.3, -0.25) is 14.3 Å². The number of hydrogen-bond donors (Lipinski definition) is 2. The molecule has 2 N–H and O–H groups in total. The van der Waals surface area contributed by atoms with E-state index in [-0.39, 0.29) is 31.4 Å². The number of aromatic nitrogens is 2. The summed E-state index contributed by atoms with van der Waals surface area (Å²) in [5.41, 5.74) is -0.150. The minimum absolute atomic E-state index is 0.172. The Morgan fingerprint density at radius 1 is 0.957 bits per heavy atom. The monoisotopic (exact) mass is 747 g/mol. The average Bonchev–Trinajstić information content (AvgIpc) is 2.96. The van der Waals surface area contributed by atoms with E-state index in [1.807, 2.05) is 28.7 Å². The van der Waals surface area contributed by atoms with Gasteiger partial charge in [-0.05, 0) is 100 Å². The van der Waals surface area contributed by atoms with E-state index in [4.69, 9.17) is 14.2 Å². The van der Waals surface area contributed by atoms with Gasteiger partial charge in [0.15, 0.2) is 5.82 Å². The van der Waals surface area contributed by atoms with E-state index in [0.29, 0.717) is 21.2 Å². The molecule has 0 aliphatic carbocycles. The van der Waals surface area contributed by atoms with Crippen molar-refractivity contribution in [3.8, 4) is 5.69 Å². The van der Waals surface area contributed by atoms with E-state index in [0.717, 1.165) is 5.56 Å². The summed E-state index contributed by atoms with van der Waals surface area (Å²) in [4.78, 5) is 56.8. The third-order valence-corrected chi connectivity index (χ3v) is 7.08. The van der Waals surface area contributed by atoms with Crippen LogP contribution in [0.2, 0.25) is 0 Å². The third kappa shape index (κ3) is 11.4. The number of nitrogens with zero attached hydrogens (tertiary/aromatic N) is 3. The first kappa shape index (κ1) is 36.5. The highest BCUT2D eigenvalue weighted by atomic mass is 127. The molecule has 3 aromatic rings. The Labute approximate surface area is 283 Å². The molecule has 0 fully saturated rings. The van der Waals surface area contributed by atoms with Crippen LogP contribution in [-0.4, -0.2) is 70.1 Å². The van der Waals surface area contributed by atoms with Crippen molar-refractivity contribution in [3.63, 3.8) is 0 Å². The van der Waals surface area contributed by atoms with Crippen LogP contribution < -0.4 is 16.3 Å². The number of hydrogen-bond acceptors (Lipinski definition) is 8. The Bertz CT molecular complexity index is 1550. The molecule has 0 aliphatic rings. The Hall–Kier alpha value is -3.98. The van der Waals surface area contributed by atoms with Crippen molar-refractivity contribution in [1.29, 1.82) is 0 Å². The standard InChI is InChI=1S/C33H42IN5O7/c1-32(2,3)45-30(42)35-18-17-25(21-44-7)39(31(43)46-33(4,5)6)19-22-13-15-24(16-14-22)38-20-26(34)27(37-29(38)41)36-28(40)23-11-9-8-10-12-23/h8-16,20,25H,17-19,21H2,1-7H3,(H,35,42)(H,36,37,40,41)/t25-/m1/s1. The van der Waals surface area contributed by atoms with Crippen LogP contribution in [0.1, 0.15) is 63.9 Å². The molecule has 0 bridgehead atoms. The van der Waals surface area contributed by atoms with Crippen LogP contribution in [0.15, 0.2) is 65.6 Å². The lowest BCUT2D eigenvalue weighted by molar-refractivity contribution is 0.00202. The summed E-state index contributed by atoms with van der Waals surface area (Å²) in [7, 11) is 1.54. The predicted octanol–water partition coefficient (Wildman–Crippen LogP) is 5.76. The van der Waals surface area contributed by atoms with Crippen molar-refractivity contribution < 1.29 is 28.6 Å². The first-order valence-corrected chi connectivity index (χ1v) is 15.8. The number of methoxy groups -OCH3 is 1. The van der Waals surface area contributed by atoms with Gasteiger partial charge in [-0.15, -0.1) is 0 Å². The summed E-state index contributed by atoms with van der Waals surface area (Å²) >= 11 is 2.02. The fourth-order valence-electron chi connectivity index (χ4n) is 4.27. The van der Waals surface area contributed by atoms with Gasteiger partial charge in [-0.25, -0.2) is 14.4 Å². The molecule has 0 radical (unpaired) electrons. The second-order valence-electron chi connectivity index (χ2n) is 12.5. The van der Waals surface area contributed by atoms with Gasteiger partial charge in [-0.1, -0.05) is 30.3 Å². The van der Waals surface area contributed by atoms with Crippen molar-refractivity contribution in [1.82, 2.24) is 19.8 Å². The van der Waals surface area contributed by atoms with Crippen LogP contribution >= 0.6 is 22.6 Å². The van der Waals surface area contributed by atoms with E-state index in [2.05, 4.69) is 15.6 Å². The summed E-state index contributed by atoms with van der Waals surface area (Å²) in [6.07, 6.45) is 0.912. The number of nitrogens with one attached hydrogen (secondary N) is 2. The lowest BCUT2D eigenvalue weighted by atomic mass is 10.1. The maximum Gasteiger partial charge on any atom is 0.410 e. The zero-order valence-corrected chi connectivity index (χ0v) is 29.4. The van der Waals surface area contributed by atoms with E-state index >= 15 is 0 Å². The molecule has 0 spiro atoms. The summed E-state index contributed by atoms with van der Waals surface area (Å²) in [6, 6.07) is 15.3. The van der Waals surface area contributed by atoms with Gasteiger partial charge in [0.2, 0.25) is 0 Å². The number of amides is 3. The fraction of sp³-hybridized carbons (Fsp3) is 0.424. The number of rotatable bonds is 11. The molecule has 0 saturated carbocycles. The third-order valence-electron chi connectivity index (χ3n) is 6.29.